The van der Waals surface area contributed by atoms with E-state index in [1.165, 1.54) is 5.56 Å². The molecule has 2 heterocycles. The molecule has 1 aliphatic heterocycles. The number of Topliss-reactive ketones (excluding diaryl/α,β-unsaturated/α-hetero) is 1. The van der Waals surface area contributed by atoms with Gasteiger partial charge in [0.25, 0.3) is 0 Å². The fraction of sp³-hybridized carbons (Fsp3) is 0.372. The number of carbonyl (C=O) groups excluding carboxylic acids is 1. The second-order valence-electron chi connectivity index (χ2n) is 15.2. The first kappa shape index (κ1) is 33.6. The fourth-order valence-corrected chi connectivity index (χ4v) is 7.11. The number of fused-ring (bicyclic) bond motifs is 3. The molecule has 4 aromatic carbocycles. The van der Waals surface area contributed by atoms with Gasteiger partial charge < -0.3 is 18.8 Å². The molecule has 2 aliphatic rings. The lowest BCUT2D eigenvalue weighted by Gasteiger charge is -2.42. The van der Waals surface area contributed by atoms with Crippen molar-refractivity contribution in [3.63, 3.8) is 0 Å². The summed E-state index contributed by atoms with van der Waals surface area (Å²) in [4.78, 5) is 23.4. The molecule has 1 saturated carbocycles. The van der Waals surface area contributed by atoms with E-state index in [2.05, 4.69) is 81.7 Å². The number of imidazole rings is 1. The van der Waals surface area contributed by atoms with Crippen LogP contribution in [0.5, 0.6) is 17.2 Å². The summed E-state index contributed by atoms with van der Waals surface area (Å²) in [6, 6.07) is 28.6. The predicted octanol–water partition coefficient (Wildman–Crippen LogP) is 10.0. The number of carbonyl (C=O) groups is 1. The Morgan fingerprint density at radius 2 is 1.64 bits per heavy atom. The molecule has 0 N–H and O–H groups in total. The van der Waals surface area contributed by atoms with E-state index < -0.39 is 0 Å². The number of ketones is 1. The van der Waals surface area contributed by atoms with Crippen molar-refractivity contribution in [2.24, 2.45) is 27.7 Å². The average molecular weight is 670 g/mol. The van der Waals surface area contributed by atoms with Crippen LogP contribution in [0.3, 0.4) is 0 Å². The highest BCUT2D eigenvalue weighted by Crippen LogP contribution is 2.45. The van der Waals surface area contributed by atoms with Gasteiger partial charge in [-0.3, -0.25) is 9.79 Å². The van der Waals surface area contributed by atoms with Crippen LogP contribution in [-0.2, 0) is 13.2 Å². The van der Waals surface area contributed by atoms with Crippen molar-refractivity contribution in [1.82, 2.24) is 9.55 Å². The summed E-state index contributed by atoms with van der Waals surface area (Å²) in [5.41, 5.74) is 6.20. The first-order valence-corrected chi connectivity index (χ1v) is 17.7. The van der Waals surface area contributed by atoms with Crippen molar-refractivity contribution in [1.29, 1.82) is 0 Å². The Morgan fingerprint density at radius 1 is 0.860 bits per heavy atom. The molecule has 2 atom stereocenters. The average Bonchev–Trinajstić information content (AvgIpc) is 3.70. The molecule has 1 aliphatic carbocycles. The standard InChI is InChI=1S/C43H47N3O4/c1-28-15-20-35-37(21-28)46(41(45-35)30-16-18-32(19-17-30)49-25-29-11-8-7-9-12-29)26-42(2,3)43(4,5)27-50-39-23-36-34(22-38(39)48-6)40(47)33-14-10-13-31(33)24-44-36/h7-9,11-12,15-24,31,33H,10,13-14,25-27H2,1-6H3. The zero-order valence-electron chi connectivity index (χ0n) is 30.0. The number of aliphatic imine (C=N–C) groups is 1. The quantitative estimate of drug-likeness (QED) is 0.140. The molecule has 0 spiro atoms. The molecule has 0 radical (unpaired) electrons. The maximum Gasteiger partial charge on any atom is 0.168 e. The molecule has 2 unspecified atom stereocenters. The van der Waals surface area contributed by atoms with Gasteiger partial charge in [-0.25, -0.2) is 4.98 Å². The van der Waals surface area contributed by atoms with Gasteiger partial charge in [0.1, 0.15) is 18.2 Å². The van der Waals surface area contributed by atoms with Crippen LogP contribution in [0.25, 0.3) is 22.4 Å². The van der Waals surface area contributed by atoms with E-state index >= 15 is 0 Å². The normalized spacial score (nSPS) is 17.4. The summed E-state index contributed by atoms with van der Waals surface area (Å²) in [6.07, 6.45) is 4.98. The first-order valence-electron chi connectivity index (χ1n) is 17.7. The van der Waals surface area contributed by atoms with Gasteiger partial charge in [-0.1, -0.05) is 70.5 Å². The Labute approximate surface area is 295 Å². The summed E-state index contributed by atoms with van der Waals surface area (Å²) in [5.74, 6) is 3.29. The van der Waals surface area contributed by atoms with Gasteiger partial charge in [0.05, 0.1) is 30.4 Å². The Morgan fingerprint density at radius 3 is 2.40 bits per heavy atom. The smallest absolute Gasteiger partial charge is 0.168 e. The molecule has 50 heavy (non-hydrogen) atoms. The minimum atomic E-state index is -0.284. The molecular formula is C43H47N3O4. The SMILES string of the molecule is COc1cc2c(cc1OCC(C)(C)C(C)(C)Cn1c(-c3ccc(OCc4ccccc4)cc3)nc3ccc(C)cc31)N=CC1CCCC1C2=O. The molecule has 7 heteroatoms. The number of methoxy groups -OCH3 is 1. The van der Waals surface area contributed by atoms with E-state index in [0.29, 0.717) is 42.5 Å². The van der Waals surface area contributed by atoms with Crippen LogP contribution in [-0.4, -0.2) is 35.3 Å². The maximum atomic E-state index is 13.5. The van der Waals surface area contributed by atoms with Crippen molar-refractivity contribution in [2.75, 3.05) is 13.7 Å². The van der Waals surface area contributed by atoms with Crippen LogP contribution >= 0.6 is 0 Å². The summed E-state index contributed by atoms with van der Waals surface area (Å²) in [7, 11) is 1.63. The lowest BCUT2D eigenvalue weighted by Crippen LogP contribution is -2.41. The summed E-state index contributed by atoms with van der Waals surface area (Å²) in [5, 5.41) is 0. The maximum absolute atomic E-state index is 13.5. The molecule has 0 bridgehead atoms. The van der Waals surface area contributed by atoms with Gasteiger partial charge in [-0.05, 0) is 78.8 Å². The Balaban J connectivity index is 1.13. The highest BCUT2D eigenvalue weighted by molar-refractivity contribution is 6.06. The van der Waals surface area contributed by atoms with Crippen LogP contribution in [0.4, 0.5) is 5.69 Å². The Hall–Kier alpha value is -4.91. The molecule has 0 saturated heterocycles. The topological polar surface area (TPSA) is 74.9 Å². The minimum absolute atomic E-state index is 0.00931. The first-order chi connectivity index (χ1) is 24.0. The van der Waals surface area contributed by atoms with Gasteiger partial charge in [0.2, 0.25) is 0 Å². The van der Waals surface area contributed by atoms with E-state index in [1.807, 2.05) is 48.7 Å². The molecular weight excluding hydrogens is 622 g/mol. The molecule has 1 aromatic heterocycles. The van der Waals surface area contributed by atoms with E-state index in [9.17, 15) is 4.79 Å². The van der Waals surface area contributed by atoms with Crippen molar-refractivity contribution in [3.05, 3.63) is 102 Å². The highest BCUT2D eigenvalue weighted by Gasteiger charge is 2.40. The van der Waals surface area contributed by atoms with Crippen LogP contribution < -0.4 is 14.2 Å². The van der Waals surface area contributed by atoms with Crippen molar-refractivity contribution in [2.45, 2.75) is 67.0 Å². The van der Waals surface area contributed by atoms with Crippen LogP contribution in [0.1, 0.15) is 68.4 Å². The fourth-order valence-electron chi connectivity index (χ4n) is 7.11. The monoisotopic (exact) mass is 669 g/mol. The van der Waals surface area contributed by atoms with E-state index in [4.69, 9.17) is 24.2 Å². The number of hydrogen-bond acceptors (Lipinski definition) is 6. The number of hydrogen-bond donors (Lipinski definition) is 0. The van der Waals surface area contributed by atoms with E-state index in [1.54, 1.807) is 7.11 Å². The summed E-state index contributed by atoms with van der Waals surface area (Å²) < 4.78 is 20.8. The van der Waals surface area contributed by atoms with Gasteiger partial charge in [0.15, 0.2) is 17.3 Å². The second kappa shape index (κ2) is 13.4. The van der Waals surface area contributed by atoms with Crippen molar-refractivity contribution in [3.8, 4) is 28.6 Å². The molecule has 7 nitrogen and oxygen atoms in total. The number of rotatable bonds is 11. The van der Waals surface area contributed by atoms with Crippen LogP contribution in [0.2, 0.25) is 0 Å². The molecule has 1 fully saturated rings. The van der Waals surface area contributed by atoms with Crippen molar-refractivity contribution >= 4 is 28.7 Å². The summed E-state index contributed by atoms with van der Waals surface area (Å²) in [6.45, 7) is 12.9. The lowest BCUT2D eigenvalue weighted by molar-refractivity contribution is 0.0345. The van der Waals surface area contributed by atoms with Crippen LogP contribution in [0, 0.1) is 29.6 Å². The molecule has 258 valence electrons. The van der Waals surface area contributed by atoms with Gasteiger partial charge >= 0.3 is 0 Å². The zero-order chi connectivity index (χ0) is 35.0. The Bertz CT molecular complexity index is 2040. The zero-order valence-corrected chi connectivity index (χ0v) is 30.0. The van der Waals surface area contributed by atoms with Gasteiger partial charge in [0, 0.05) is 47.2 Å². The van der Waals surface area contributed by atoms with Crippen LogP contribution in [0.15, 0.2) is 89.9 Å². The third kappa shape index (κ3) is 6.53. The minimum Gasteiger partial charge on any atom is -0.493 e. The number of benzene rings is 4. The largest absolute Gasteiger partial charge is 0.493 e. The van der Waals surface area contributed by atoms with Gasteiger partial charge in [-0.2, -0.15) is 0 Å². The third-order valence-corrected chi connectivity index (χ3v) is 11.1. The molecule has 0 amide bonds. The molecule has 7 rings (SSSR count). The molecule has 5 aromatic rings. The van der Waals surface area contributed by atoms with E-state index in [0.717, 1.165) is 53.0 Å². The Kier molecular flexibility index (Phi) is 9.02. The number of aryl methyl sites for hydroxylation is 1. The second-order valence-corrected chi connectivity index (χ2v) is 15.2. The highest BCUT2D eigenvalue weighted by atomic mass is 16.5. The third-order valence-electron chi connectivity index (χ3n) is 11.1. The predicted molar refractivity (Wildman–Crippen MR) is 200 cm³/mol. The summed E-state index contributed by atoms with van der Waals surface area (Å²) >= 11 is 0. The van der Waals surface area contributed by atoms with Crippen molar-refractivity contribution < 1.29 is 19.0 Å². The number of aromatic nitrogens is 2. The van der Waals surface area contributed by atoms with E-state index in [-0.39, 0.29) is 28.4 Å². The number of nitrogens with zero attached hydrogens (tertiary/aromatic N) is 3. The number of ether oxygens (including phenoxy) is 3. The van der Waals surface area contributed by atoms with Gasteiger partial charge in [-0.15, -0.1) is 0 Å². The lowest BCUT2D eigenvalue weighted by atomic mass is 9.68.